The largest absolute Gasteiger partial charge is 0.366 e. The fourth-order valence-electron chi connectivity index (χ4n) is 1.91. The lowest BCUT2D eigenvalue weighted by atomic mass is 10.1. The molecule has 2 atom stereocenters. The standard InChI is InChI=1S/C16H18O/c1-13(15-9-5-3-6-10-15)17-14(2)16-11-7-4-8-12-16/h3-14H,1-2H3/t13-,14-/m0/s1. The van der Waals surface area contributed by atoms with Crippen molar-refractivity contribution in [1.29, 1.82) is 0 Å². The minimum Gasteiger partial charge on any atom is -0.366 e. The monoisotopic (exact) mass is 226 g/mol. The Morgan fingerprint density at radius 1 is 0.647 bits per heavy atom. The molecule has 2 aromatic carbocycles. The first kappa shape index (κ1) is 11.9. The lowest BCUT2D eigenvalue weighted by Crippen LogP contribution is -2.04. The topological polar surface area (TPSA) is 9.23 Å². The summed E-state index contributed by atoms with van der Waals surface area (Å²) in [5.74, 6) is 0. The van der Waals surface area contributed by atoms with Crippen molar-refractivity contribution in [2.45, 2.75) is 26.1 Å². The van der Waals surface area contributed by atoms with Crippen LogP contribution in [0.5, 0.6) is 0 Å². The molecule has 0 bridgehead atoms. The summed E-state index contributed by atoms with van der Waals surface area (Å²) in [5.41, 5.74) is 2.44. The van der Waals surface area contributed by atoms with Crippen molar-refractivity contribution in [2.24, 2.45) is 0 Å². The van der Waals surface area contributed by atoms with Gasteiger partial charge in [-0.05, 0) is 25.0 Å². The van der Waals surface area contributed by atoms with E-state index in [1.165, 1.54) is 11.1 Å². The van der Waals surface area contributed by atoms with E-state index in [9.17, 15) is 0 Å². The summed E-state index contributed by atoms with van der Waals surface area (Å²) in [7, 11) is 0. The normalized spacial score (nSPS) is 14.2. The lowest BCUT2D eigenvalue weighted by molar-refractivity contribution is 0.00586. The van der Waals surface area contributed by atoms with Crippen molar-refractivity contribution in [3.63, 3.8) is 0 Å². The number of hydrogen-bond acceptors (Lipinski definition) is 1. The quantitative estimate of drug-likeness (QED) is 0.744. The van der Waals surface area contributed by atoms with Gasteiger partial charge in [-0.3, -0.25) is 0 Å². The molecular weight excluding hydrogens is 208 g/mol. The summed E-state index contributed by atoms with van der Waals surface area (Å²) in [5, 5.41) is 0. The van der Waals surface area contributed by atoms with Crippen LogP contribution in [0.15, 0.2) is 60.7 Å². The maximum Gasteiger partial charge on any atom is 0.0805 e. The van der Waals surface area contributed by atoms with Gasteiger partial charge < -0.3 is 4.74 Å². The van der Waals surface area contributed by atoms with E-state index < -0.39 is 0 Å². The first-order chi connectivity index (χ1) is 8.27. The van der Waals surface area contributed by atoms with E-state index in [-0.39, 0.29) is 12.2 Å². The Balaban J connectivity index is 2.02. The summed E-state index contributed by atoms with van der Waals surface area (Å²) in [4.78, 5) is 0. The fraction of sp³-hybridized carbons (Fsp3) is 0.250. The minimum atomic E-state index is 0.117. The zero-order valence-corrected chi connectivity index (χ0v) is 10.3. The second-order valence-electron chi connectivity index (χ2n) is 4.24. The third-order valence-electron chi connectivity index (χ3n) is 2.95. The zero-order chi connectivity index (χ0) is 12.1. The van der Waals surface area contributed by atoms with Gasteiger partial charge in [0.05, 0.1) is 12.2 Å². The van der Waals surface area contributed by atoms with Crippen LogP contribution in [0.4, 0.5) is 0 Å². The van der Waals surface area contributed by atoms with E-state index in [1.807, 2.05) is 36.4 Å². The number of benzene rings is 2. The Bertz CT molecular complexity index is 392. The van der Waals surface area contributed by atoms with E-state index in [2.05, 4.69) is 38.1 Å². The number of rotatable bonds is 4. The van der Waals surface area contributed by atoms with E-state index in [0.717, 1.165) is 0 Å². The molecular formula is C16H18O. The molecule has 1 heteroatoms. The maximum atomic E-state index is 6.02. The summed E-state index contributed by atoms with van der Waals surface area (Å²) in [6.45, 7) is 4.18. The zero-order valence-electron chi connectivity index (χ0n) is 10.3. The second-order valence-corrected chi connectivity index (χ2v) is 4.24. The average Bonchev–Trinajstić information content (AvgIpc) is 2.40. The van der Waals surface area contributed by atoms with Crippen molar-refractivity contribution in [2.75, 3.05) is 0 Å². The molecule has 0 saturated heterocycles. The molecule has 0 spiro atoms. The van der Waals surface area contributed by atoms with Crippen LogP contribution in [0, 0.1) is 0 Å². The highest BCUT2D eigenvalue weighted by Gasteiger charge is 2.11. The highest BCUT2D eigenvalue weighted by Crippen LogP contribution is 2.25. The van der Waals surface area contributed by atoms with Gasteiger partial charge >= 0.3 is 0 Å². The molecule has 0 aliphatic heterocycles. The van der Waals surface area contributed by atoms with Crippen LogP contribution in [0.25, 0.3) is 0 Å². The molecule has 0 aliphatic carbocycles. The summed E-state index contributed by atoms with van der Waals surface area (Å²) in [6.07, 6.45) is 0.234. The van der Waals surface area contributed by atoms with Crippen LogP contribution >= 0.6 is 0 Å². The summed E-state index contributed by atoms with van der Waals surface area (Å²) in [6, 6.07) is 20.6. The van der Waals surface area contributed by atoms with Crippen LogP contribution in [0.1, 0.15) is 37.2 Å². The van der Waals surface area contributed by atoms with Crippen molar-refractivity contribution in [1.82, 2.24) is 0 Å². The van der Waals surface area contributed by atoms with E-state index in [1.54, 1.807) is 0 Å². The molecule has 0 aliphatic rings. The highest BCUT2D eigenvalue weighted by atomic mass is 16.5. The van der Waals surface area contributed by atoms with Crippen molar-refractivity contribution >= 4 is 0 Å². The molecule has 2 rings (SSSR count). The van der Waals surface area contributed by atoms with Crippen molar-refractivity contribution in [3.05, 3.63) is 71.8 Å². The smallest absolute Gasteiger partial charge is 0.0805 e. The molecule has 0 radical (unpaired) electrons. The third kappa shape index (κ3) is 3.18. The fourth-order valence-corrected chi connectivity index (χ4v) is 1.91. The third-order valence-corrected chi connectivity index (χ3v) is 2.95. The predicted octanol–water partition coefficient (Wildman–Crippen LogP) is 4.53. The van der Waals surface area contributed by atoms with Crippen LogP contribution in [0.2, 0.25) is 0 Å². The van der Waals surface area contributed by atoms with Crippen molar-refractivity contribution < 1.29 is 4.74 Å². The Hall–Kier alpha value is -1.60. The lowest BCUT2D eigenvalue weighted by Gasteiger charge is -2.19. The summed E-state index contributed by atoms with van der Waals surface area (Å²) >= 11 is 0. The van der Waals surface area contributed by atoms with Gasteiger partial charge in [-0.25, -0.2) is 0 Å². The van der Waals surface area contributed by atoms with Crippen LogP contribution in [-0.2, 0) is 4.74 Å². The Morgan fingerprint density at radius 3 is 1.35 bits per heavy atom. The van der Waals surface area contributed by atoms with Gasteiger partial charge in [-0.2, -0.15) is 0 Å². The van der Waals surface area contributed by atoms with Crippen molar-refractivity contribution in [3.8, 4) is 0 Å². The molecule has 1 nitrogen and oxygen atoms in total. The first-order valence-electron chi connectivity index (χ1n) is 6.02. The molecule has 17 heavy (non-hydrogen) atoms. The van der Waals surface area contributed by atoms with Gasteiger partial charge in [0.2, 0.25) is 0 Å². The highest BCUT2D eigenvalue weighted by molar-refractivity contribution is 5.19. The molecule has 0 aromatic heterocycles. The maximum absolute atomic E-state index is 6.02. The Kier molecular flexibility index (Phi) is 3.94. The van der Waals surface area contributed by atoms with Gasteiger partial charge in [0.1, 0.15) is 0 Å². The van der Waals surface area contributed by atoms with E-state index >= 15 is 0 Å². The van der Waals surface area contributed by atoms with Gasteiger partial charge in [-0.15, -0.1) is 0 Å². The molecule has 0 unspecified atom stereocenters. The van der Waals surface area contributed by atoms with E-state index in [4.69, 9.17) is 4.74 Å². The van der Waals surface area contributed by atoms with E-state index in [0.29, 0.717) is 0 Å². The molecule has 0 amide bonds. The van der Waals surface area contributed by atoms with Gasteiger partial charge in [0.15, 0.2) is 0 Å². The first-order valence-corrected chi connectivity index (χ1v) is 6.02. The molecule has 2 aromatic rings. The van der Waals surface area contributed by atoms with Gasteiger partial charge in [-0.1, -0.05) is 60.7 Å². The molecule has 0 saturated carbocycles. The van der Waals surface area contributed by atoms with Gasteiger partial charge in [0.25, 0.3) is 0 Å². The Labute approximate surface area is 103 Å². The number of hydrogen-bond donors (Lipinski definition) is 0. The van der Waals surface area contributed by atoms with Crippen LogP contribution in [-0.4, -0.2) is 0 Å². The van der Waals surface area contributed by atoms with Crippen LogP contribution < -0.4 is 0 Å². The molecule has 88 valence electrons. The predicted molar refractivity (Wildman–Crippen MR) is 70.8 cm³/mol. The molecule has 0 fully saturated rings. The Morgan fingerprint density at radius 2 is 1.00 bits per heavy atom. The van der Waals surface area contributed by atoms with Gasteiger partial charge in [0, 0.05) is 0 Å². The SMILES string of the molecule is C[C@H](O[C@@H](C)c1ccccc1)c1ccccc1. The molecule has 0 N–H and O–H groups in total. The average molecular weight is 226 g/mol. The second kappa shape index (κ2) is 5.65. The number of ether oxygens (including phenoxy) is 1. The summed E-state index contributed by atoms with van der Waals surface area (Å²) < 4.78 is 6.02. The minimum absolute atomic E-state index is 0.117. The van der Waals surface area contributed by atoms with Crippen LogP contribution in [0.3, 0.4) is 0 Å². The molecule has 0 heterocycles.